The van der Waals surface area contributed by atoms with Gasteiger partial charge in [0, 0.05) is 22.1 Å². The van der Waals surface area contributed by atoms with Crippen LogP contribution in [0.3, 0.4) is 0 Å². The fraction of sp³-hybridized carbons (Fsp3) is 0.103. The van der Waals surface area contributed by atoms with E-state index in [0.717, 1.165) is 46.7 Å². The summed E-state index contributed by atoms with van der Waals surface area (Å²) in [4.78, 5) is 10.9. The number of hydrogen-bond donors (Lipinski definition) is 0. The average Bonchev–Trinajstić information content (AvgIpc) is 3.61. The molecule has 284 valence electrons. The van der Waals surface area contributed by atoms with Crippen LogP contribution in [0.2, 0.25) is 0 Å². The molecule has 0 radical (unpaired) electrons. The number of nitrogens with zero attached hydrogens (tertiary/aromatic N) is 2. The van der Waals surface area contributed by atoms with Crippen LogP contribution < -0.4 is 0 Å². The third-order valence-electron chi connectivity index (χ3n) is 13.6. The second-order valence-corrected chi connectivity index (χ2v) is 17.2. The van der Waals surface area contributed by atoms with Gasteiger partial charge >= 0.3 is 0 Å². The third-order valence-corrected chi connectivity index (χ3v) is 13.6. The Kier molecular flexibility index (Phi) is 7.65. The van der Waals surface area contributed by atoms with Crippen LogP contribution >= 0.6 is 0 Å². The summed E-state index contributed by atoms with van der Waals surface area (Å²) in [6.07, 6.45) is 6.84. The molecule has 0 unspecified atom stereocenters. The zero-order valence-electron chi connectivity index (χ0n) is 33.8. The number of aromatic nitrogens is 2. The largest absolute Gasteiger partial charge is 0.228 e. The van der Waals surface area contributed by atoms with Crippen LogP contribution in [0.1, 0.15) is 64.8 Å². The molecule has 1 spiro atoms. The Bertz CT molecular complexity index is 3120. The minimum atomic E-state index is -0.546. The van der Waals surface area contributed by atoms with E-state index in [1.54, 1.807) is 0 Å². The van der Waals surface area contributed by atoms with E-state index < -0.39 is 5.41 Å². The van der Waals surface area contributed by atoms with Crippen molar-refractivity contribution in [3.8, 4) is 56.2 Å². The van der Waals surface area contributed by atoms with E-state index in [2.05, 4.69) is 208 Å². The van der Waals surface area contributed by atoms with E-state index in [1.165, 1.54) is 77.5 Å². The van der Waals surface area contributed by atoms with Gasteiger partial charge in [0.05, 0.1) is 16.8 Å². The molecule has 12 rings (SSSR count). The zero-order valence-corrected chi connectivity index (χ0v) is 33.8. The minimum absolute atomic E-state index is 0.184. The highest BCUT2D eigenvalue weighted by Gasteiger charge is 2.53. The van der Waals surface area contributed by atoms with E-state index in [-0.39, 0.29) is 5.41 Å². The fourth-order valence-corrected chi connectivity index (χ4v) is 10.8. The molecule has 0 atom stereocenters. The van der Waals surface area contributed by atoms with Crippen molar-refractivity contribution < 1.29 is 0 Å². The molecule has 2 nitrogen and oxygen atoms in total. The fourth-order valence-electron chi connectivity index (χ4n) is 10.8. The van der Waals surface area contributed by atoms with E-state index in [0.29, 0.717) is 0 Å². The molecule has 3 aliphatic carbocycles. The molecule has 0 fully saturated rings. The van der Waals surface area contributed by atoms with E-state index in [9.17, 15) is 0 Å². The van der Waals surface area contributed by atoms with Crippen molar-refractivity contribution in [3.63, 3.8) is 0 Å². The first-order valence-corrected chi connectivity index (χ1v) is 21.2. The second kappa shape index (κ2) is 13.2. The molecule has 60 heavy (non-hydrogen) atoms. The lowest BCUT2D eigenvalue weighted by molar-refractivity contribution is 0.563. The number of benzene rings is 8. The summed E-state index contributed by atoms with van der Waals surface area (Å²) in [5.74, 6) is 0.724. The summed E-state index contributed by atoms with van der Waals surface area (Å²) in [7, 11) is 0. The molecule has 1 aromatic heterocycles. The van der Waals surface area contributed by atoms with Gasteiger partial charge in [0.1, 0.15) is 0 Å². The summed E-state index contributed by atoms with van der Waals surface area (Å²) in [6, 6.07) is 67.2. The maximum Gasteiger partial charge on any atom is 0.161 e. The number of allylic oxidation sites excluding steroid dienone is 1. The Balaban J connectivity index is 1.16. The van der Waals surface area contributed by atoms with Gasteiger partial charge in [0.25, 0.3) is 0 Å². The minimum Gasteiger partial charge on any atom is -0.228 e. The van der Waals surface area contributed by atoms with Crippen molar-refractivity contribution >= 4 is 16.8 Å². The Hall–Kier alpha value is -7.16. The van der Waals surface area contributed by atoms with Gasteiger partial charge < -0.3 is 0 Å². The van der Waals surface area contributed by atoms with Gasteiger partial charge in [-0.05, 0) is 109 Å². The van der Waals surface area contributed by atoms with Crippen LogP contribution in [0, 0.1) is 0 Å². The summed E-state index contributed by atoms with van der Waals surface area (Å²) < 4.78 is 0. The molecule has 0 saturated heterocycles. The molecular weight excluding hydrogens is 725 g/mol. The molecule has 1 heterocycles. The van der Waals surface area contributed by atoms with Crippen molar-refractivity contribution in [1.82, 2.24) is 9.97 Å². The lowest BCUT2D eigenvalue weighted by Gasteiger charge is -2.46. The van der Waals surface area contributed by atoms with E-state index in [4.69, 9.17) is 9.97 Å². The third kappa shape index (κ3) is 5.01. The first kappa shape index (κ1) is 34.8. The van der Waals surface area contributed by atoms with Crippen molar-refractivity contribution in [2.75, 3.05) is 0 Å². The number of fused-ring (bicyclic) bond motifs is 12. The van der Waals surface area contributed by atoms with Gasteiger partial charge in [-0.3, -0.25) is 0 Å². The van der Waals surface area contributed by atoms with Gasteiger partial charge in [-0.2, -0.15) is 0 Å². The lowest BCUT2D eigenvalue weighted by Crippen LogP contribution is -2.40. The topological polar surface area (TPSA) is 25.8 Å². The van der Waals surface area contributed by atoms with Crippen molar-refractivity contribution in [2.24, 2.45) is 0 Å². The van der Waals surface area contributed by atoms with Crippen LogP contribution in [0.5, 0.6) is 0 Å². The van der Waals surface area contributed by atoms with Crippen LogP contribution in [-0.2, 0) is 17.3 Å². The number of aryl methyl sites for hydroxylation is 1. The second-order valence-electron chi connectivity index (χ2n) is 17.2. The van der Waals surface area contributed by atoms with Crippen LogP contribution in [0.25, 0.3) is 73.0 Å². The molecule has 9 aromatic rings. The summed E-state index contributed by atoms with van der Waals surface area (Å²) in [5, 5.41) is 2.59. The average molecular weight is 767 g/mol. The normalized spacial score (nSPS) is 14.9. The Labute approximate surface area is 351 Å². The highest BCUT2D eigenvalue weighted by Crippen LogP contribution is 2.63. The van der Waals surface area contributed by atoms with Crippen molar-refractivity contribution in [3.05, 3.63) is 233 Å². The predicted octanol–water partition coefficient (Wildman–Crippen LogP) is 14.3. The molecule has 8 aromatic carbocycles. The number of rotatable bonds is 4. The monoisotopic (exact) mass is 766 g/mol. The molecule has 0 N–H and O–H groups in total. The highest BCUT2D eigenvalue weighted by atomic mass is 14.9. The Morgan fingerprint density at radius 1 is 0.450 bits per heavy atom. The highest BCUT2D eigenvalue weighted by molar-refractivity contribution is 5.99. The van der Waals surface area contributed by atoms with Gasteiger partial charge in [0.2, 0.25) is 0 Å². The Morgan fingerprint density at radius 2 is 1.05 bits per heavy atom. The van der Waals surface area contributed by atoms with Crippen molar-refractivity contribution in [2.45, 2.75) is 37.5 Å². The SMILES string of the molecule is CC1(C)c2ccccc2C2(c3ccc(-c4ccc5c6c(ccc5c4)CCC=C6)cc3-c3c(-c4nc(-c5ccccc5)cc(-c5ccccc5)n4)cccc32)c2ccccc21. The standard InChI is InChI=1S/C58H42N2/c1-57(2)48-23-11-13-25-50(48)58(51-26-14-12-24-49(51)57)47-33-31-41(40-30-32-44-42(34-40)29-28-37-16-9-10-21-43(37)44)35-46(47)55-45(22-15-27-52(55)58)56-59-53(38-17-5-3-6-18-38)36-54(60-56)39-19-7-4-8-20-39/h3-8,10-15,17-36H,9,16H2,1-2H3. The molecule has 0 aliphatic heterocycles. The van der Waals surface area contributed by atoms with Gasteiger partial charge in [0.15, 0.2) is 5.82 Å². The molecule has 0 amide bonds. The quantitative estimate of drug-likeness (QED) is 0.178. The van der Waals surface area contributed by atoms with Gasteiger partial charge in [-0.15, -0.1) is 0 Å². The zero-order chi connectivity index (χ0) is 40.0. The summed E-state index contributed by atoms with van der Waals surface area (Å²) in [5.41, 5.74) is 19.9. The summed E-state index contributed by atoms with van der Waals surface area (Å²) in [6.45, 7) is 4.77. The van der Waals surface area contributed by atoms with Crippen LogP contribution in [-0.4, -0.2) is 9.97 Å². The maximum absolute atomic E-state index is 5.43. The predicted molar refractivity (Wildman–Crippen MR) is 248 cm³/mol. The summed E-state index contributed by atoms with van der Waals surface area (Å²) >= 11 is 0. The van der Waals surface area contributed by atoms with Gasteiger partial charge in [-0.1, -0.05) is 190 Å². The van der Waals surface area contributed by atoms with Crippen LogP contribution in [0.15, 0.2) is 188 Å². The first-order chi connectivity index (χ1) is 29.5. The van der Waals surface area contributed by atoms with Crippen molar-refractivity contribution in [1.29, 1.82) is 0 Å². The molecule has 0 saturated carbocycles. The lowest BCUT2D eigenvalue weighted by atomic mass is 9.55. The number of hydrogen-bond acceptors (Lipinski definition) is 2. The molecule has 0 bridgehead atoms. The molecular formula is C58H42N2. The molecule has 2 heteroatoms. The Morgan fingerprint density at radius 3 is 1.73 bits per heavy atom. The maximum atomic E-state index is 5.43. The smallest absolute Gasteiger partial charge is 0.161 e. The first-order valence-electron chi connectivity index (χ1n) is 21.2. The van der Waals surface area contributed by atoms with E-state index >= 15 is 0 Å². The van der Waals surface area contributed by atoms with E-state index in [1.807, 2.05) is 0 Å². The van der Waals surface area contributed by atoms with Crippen LogP contribution in [0.4, 0.5) is 0 Å². The molecule has 3 aliphatic rings. The van der Waals surface area contributed by atoms with Gasteiger partial charge in [-0.25, -0.2) is 9.97 Å².